The number of hydrogen-bond donors (Lipinski definition) is 1. The van der Waals surface area contributed by atoms with E-state index in [-0.39, 0.29) is 17.0 Å². The topological polar surface area (TPSA) is 62.8 Å². The fraction of sp³-hybridized carbons (Fsp3) is 0.444. The molecule has 1 aromatic heterocycles. The van der Waals surface area contributed by atoms with Gasteiger partial charge in [-0.25, -0.2) is 4.98 Å². The molecule has 0 spiro atoms. The Morgan fingerprint density at radius 2 is 2.31 bits per heavy atom. The van der Waals surface area contributed by atoms with Gasteiger partial charge in [0, 0.05) is 18.9 Å². The van der Waals surface area contributed by atoms with Crippen LogP contribution in [0.1, 0.15) is 42.0 Å². The van der Waals surface area contributed by atoms with E-state index in [1.807, 2.05) is 0 Å². The number of aromatic amines is 1. The SMILES string of the molecule is CC(=O)c1cc(=O)[nH]c(C2CC2)n1. The van der Waals surface area contributed by atoms with Crippen LogP contribution in [0.5, 0.6) is 0 Å². The Morgan fingerprint density at radius 1 is 1.62 bits per heavy atom. The van der Waals surface area contributed by atoms with Crippen molar-refractivity contribution in [2.45, 2.75) is 25.7 Å². The fourth-order valence-corrected chi connectivity index (χ4v) is 1.21. The molecule has 1 aliphatic carbocycles. The minimum absolute atomic E-state index is 0.159. The summed E-state index contributed by atoms with van der Waals surface area (Å²) in [5.74, 6) is 0.873. The van der Waals surface area contributed by atoms with Crippen LogP contribution in [0.25, 0.3) is 0 Å². The molecule has 1 fully saturated rings. The second-order valence-corrected chi connectivity index (χ2v) is 3.35. The summed E-state index contributed by atoms with van der Waals surface area (Å²) >= 11 is 0. The highest BCUT2D eigenvalue weighted by molar-refractivity contribution is 5.91. The summed E-state index contributed by atoms with van der Waals surface area (Å²) < 4.78 is 0. The number of nitrogens with zero attached hydrogens (tertiary/aromatic N) is 1. The quantitative estimate of drug-likeness (QED) is 0.683. The van der Waals surface area contributed by atoms with Gasteiger partial charge in [-0.15, -0.1) is 0 Å². The van der Waals surface area contributed by atoms with Crippen LogP contribution in [0, 0.1) is 0 Å². The molecule has 2 rings (SSSR count). The Kier molecular flexibility index (Phi) is 1.76. The lowest BCUT2D eigenvalue weighted by Gasteiger charge is -1.98. The molecule has 0 aromatic carbocycles. The summed E-state index contributed by atoms with van der Waals surface area (Å²) in [6, 6.07) is 1.24. The largest absolute Gasteiger partial charge is 0.310 e. The summed E-state index contributed by atoms with van der Waals surface area (Å²) in [7, 11) is 0. The van der Waals surface area contributed by atoms with Crippen molar-refractivity contribution in [3.63, 3.8) is 0 Å². The maximum atomic E-state index is 11.1. The van der Waals surface area contributed by atoms with Crippen molar-refractivity contribution in [3.05, 3.63) is 27.9 Å². The van der Waals surface area contributed by atoms with Gasteiger partial charge in [0.25, 0.3) is 5.56 Å². The molecule has 1 N–H and O–H groups in total. The van der Waals surface area contributed by atoms with Crippen LogP contribution in [-0.4, -0.2) is 15.8 Å². The van der Waals surface area contributed by atoms with Gasteiger partial charge in [0.15, 0.2) is 5.78 Å². The lowest BCUT2D eigenvalue weighted by atomic mass is 10.3. The lowest BCUT2D eigenvalue weighted by molar-refractivity contribution is 0.101. The first-order valence-electron chi connectivity index (χ1n) is 4.29. The van der Waals surface area contributed by atoms with Crippen LogP contribution < -0.4 is 5.56 Å². The predicted molar refractivity (Wildman–Crippen MR) is 46.8 cm³/mol. The number of carbonyl (C=O) groups excluding carboxylic acids is 1. The molecule has 0 saturated heterocycles. The van der Waals surface area contributed by atoms with Crippen molar-refractivity contribution in [3.8, 4) is 0 Å². The molecule has 4 heteroatoms. The van der Waals surface area contributed by atoms with E-state index in [0.717, 1.165) is 12.8 Å². The van der Waals surface area contributed by atoms with Crippen LogP contribution in [0.2, 0.25) is 0 Å². The van der Waals surface area contributed by atoms with Crippen LogP contribution in [0.15, 0.2) is 10.9 Å². The smallest absolute Gasteiger partial charge is 0.251 e. The van der Waals surface area contributed by atoms with Crippen LogP contribution in [0.4, 0.5) is 0 Å². The number of Topliss-reactive ketones (excluding diaryl/α,β-unsaturated/α-hetero) is 1. The van der Waals surface area contributed by atoms with Crippen molar-refractivity contribution >= 4 is 5.78 Å². The Bertz CT molecular complexity index is 404. The summed E-state index contributed by atoms with van der Waals surface area (Å²) in [6.45, 7) is 1.42. The monoisotopic (exact) mass is 178 g/mol. The Hall–Kier alpha value is -1.45. The predicted octanol–water partition coefficient (Wildman–Crippen LogP) is 0.850. The molecule has 13 heavy (non-hydrogen) atoms. The van der Waals surface area contributed by atoms with Crippen LogP contribution >= 0.6 is 0 Å². The third kappa shape index (κ3) is 1.66. The number of hydrogen-bond acceptors (Lipinski definition) is 3. The van der Waals surface area contributed by atoms with Crippen LogP contribution in [0.3, 0.4) is 0 Å². The minimum Gasteiger partial charge on any atom is -0.310 e. The molecule has 1 aliphatic rings. The number of ketones is 1. The average Bonchev–Trinajstić information content (AvgIpc) is 2.85. The van der Waals surface area contributed by atoms with Gasteiger partial charge in [0.2, 0.25) is 0 Å². The normalized spacial score (nSPS) is 15.8. The molecule has 0 bridgehead atoms. The number of carbonyl (C=O) groups is 1. The van der Waals surface area contributed by atoms with Gasteiger partial charge < -0.3 is 4.98 Å². The molecule has 0 radical (unpaired) electrons. The summed E-state index contributed by atoms with van der Waals surface area (Å²) in [5.41, 5.74) is 0.0350. The van der Waals surface area contributed by atoms with Gasteiger partial charge in [0.1, 0.15) is 11.5 Å². The van der Waals surface area contributed by atoms with E-state index >= 15 is 0 Å². The lowest BCUT2D eigenvalue weighted by Crippen LogP contribution is -2.14. The molecular weight excluding hydrogens is 168 g/mol. The molecule has 1 saturated carbocycles. The van der Waals surface area contributed by atoms with Gasteiger partial charge in [-0.3, -0.25) is 9.59 Å². The van der Waals surface area contributed by atoms with Gasteiger partial charge in [0.05, 0.1) is 0 Å². The molecule has 68 valence electrons. The van der Waals surface area contributed by atoms with E-state index in [1.165, 1.54) is 13.0 Å². The number of nitrogens with one attached hydrogen (secondary N) is 1. The van der Waals surface area contributed by atoms with Crippen molar-refractivity contribution < 1.29 is 4.79 Å². The highest BCUT2D eigenvalue weighted by atomic mass is 16.1. The molecule has 4 nitrogen and oxygen atoms in total. The molecule has 0 atom stereocenters. The van der Waals surface area contributed by atoms with Gasteiger partial charge in [-0.2, -0.15) is 0 Å². The maximum Gasteiger partial charge on any atom is 0.251 e. The Balaban J connectivity index is 2.47. The van der Waals surface area contributed by atoms with Gasteiger partial charge >= 0.3 is 0 Å². The van der Waals surface area contributed by atoms with E-state index in [4.69, 9.17) is 0 Å². The second-order valence-electron chi connectivity index (χ2n) is 3.35. The fourth-order valence-electron chi connectivity index (χ4n) is 1.21. The maximum absolute atomic E-state index is 11.1. The van der Waals surface area contributed by atoms with E-state index < -0.39 is 0 Å². The minimum atomic E-state index is -0.234. The molecule has 0 unspecified atom stereocenters. The zero-order valence-electron chi connectivity index (χ0n) is 7.33. The number of aromatic nitrogens is 2. The van der Waals surface area contributed by atoms with E-state index in [1.54, 1.807) is 0 Å². The third-order valence-corrected chi connectivity index (χ3v) is 2.08. The van der Waals surface area contributed by atoms with E-state index in [9.17, 15) is 9.59 Å². The van der Waals surface area contributed by atoms with Crippen molar-refractivity contribution in [1.29, 1.82) is 0 Å². The van der Waals surface area contributed by atoms with E-state index in [0.29, 0.717) is 11.7 Å². The van der Waals surface area contributed by atoms with Gasteiger partial charge in [-0.1, -0.05) is 0 Å². The van der Waals surface area contributed by atoms with Crippen molar-refractivity contribution in [2.75, 3.05) is 0 Å². The highest BCUT2D eigenvalue weighted by Gasteiger charge is 2.26. The third-order valence-electron chi connectivity index (χ3n) is 2.08. The summed E-state index contributed by atoms with van der Waals surface area (Å²) in [4.78, 5) is 28.8. The average molecular weight is 178 g/mol. The Labute approximate surface area is 75.0 Å². The first-order valence-corrected chi connectivity index (χ1v) is 4.29. The first-order chi connectivity index (χ1) is 6.16. The zero-order valence-corrected chi connectivity index (χ0v) is 7.33. The zero-order chi connectivity index (χ0) is 9.42. The molecular formula is C9H10N2O2. The first kappa shape index (κ1) is 8.16. The number of H-pyrrole nitrogens is 1. The highest BCUT2D eigenvalue weighted by Crippen LogP contribution is 2.37. The van der Waals surface area contributed by atoms with Crippen LogP contribution in [-0.2, 0) is 0 Å². The van der Waals surface area contributed by atoms with Crippen molar-refractivity contribution in [2.24, 2.45) is 0 Å². The summed E-state index contributed by atoms with van der Waals surface area (Å²) in [6.07, 6.45) is 2.12. The van der Waals surface area contributed by atoms with Crippen molar-refractivity contribution in [1.82, 2.24) is 9.97 Å². The molecule has 0 amide bonds. The van der Waals surface area contributed by atoms with Gasteiger partial charge in [-0.05, 0) is 12.8 Å². The molecule has 0 aliphatic heterocycles. The second kappa shape index (κ2) is 2.80. The molecule has 1 heterocycles. The van der Waals surface area contributed by atoms with E-state index in [2.05, 4.69) is 9.97 Å². The molecule has 1 aromatic rings. The Morgan fingerprint density at radius 3 is 2.85 bits per heavy atom. The standard InChI is InChI=1S/C9H10N2O2/c1-5(12)7-4-8(13)11-9(10-7)6-2-3-6/h4,6H,2-3H2,1H3,(H,10,11,13). The summed E-state index contributed by atoms with van der Waals surface area (Å²) in [5, 5.41) is 0. The number of rotatable bonds is 2.